The van der Waals surface area contributed by atoms with Gasteiger partial charge in [0, 0.05) is 37.1 Å². The summed E-state index contributed by atoms with van der Waals surface area (Å²) in [6.45, 7) is 10.2. The Bertz CT molecular complexity index is 336. The van der Waals surface area contributed by atoms with Gasteiger partial charge in [-0.3, -0.25) is 9.58 Å². The molecule has 0 saturated carbocycles. The monoisotopic (exact) mass is 269 g/mol. The fraction of sp³-hybridized carbons (Fsp3) is 0.786. The molecule has 1 atom stereocenters. The summed E-state index contributed by atoms with van der Waals surface area (Å²) in [4.78, 5) is 2.55. The van der Waals surface area contributed by atoms with Crippen molar-refractivity contribution < 1.29 is 0 Å². The number of rotatable bonds is 8. The van der Waals surface area contributed by atoms with Crippen LogP contribution in [0, 0.1) is 5.92 Å². The van der Waals surface area contributed by atoms with E-state index in [-0.39, 0.29) is 0 Å². The van der Waals surface area contributed by atoms with Gasteiger partial charge in [0.1, 0.15) is 0 Å². The predicted molar refractivity (Wildman–Crippen MR) is 80.9 cm³/mol. The molecule has 0 bridgehead atoms. The second-order valence-corrected chi connectivity index (χ2v) is 6.76. The summed E-state index contributed by atoms with van der Waals surface area (Å²) in [7, 11) is 1.98. The maximum Gasteiger partial charge on any atom is 0.0534 e. The number of hydrogen-bond donors (Lipinski definition) is 0. The van der Waals surface area contributed by atoms with Crippen molar-refractivity contribution in [2.24, 2.45) is 13.0 Å². The van der Waals surface area contributed by atoms with Gasteiger partial charge in [-0.2, -0.15) is 16.9 Å². The van der Waals surface area contributed by atoms with Gasteiger partial charge in [0.15, 0.2) is 0 Å². The molecular weight excluding hydrogens is 242 g/mol. The summed E-state index contributed by atoms with van der Waals surface area (Å²) in [5.74, 6) is 0.714. The van der Waals surface area contributed by atoms with Gasteiger partial charge in [0.25, 0.3) is 0 Å². The average molecular weight is 269 g/mol. The largest absolute Gasteiger partial charge is 0.299 e. The topological polar surface area (TPSA) is 21.1 Å². The van der Waals surface area contributed by atoms with Crippen molar-refractivity contribution in [1.82, 2.24) is 14.7 Å². The fourth-order valence-corrected chi connectivity index (χ4v) is 2.39. The lowest BCUT2D eigenvalue weighted by molar-refractivity contribution is 0.233. The second-order valence-electron chi connectivity index (χ2n) is 5.49. The van der Waals surface area contributed by atoms with Crippen LogP contribution >= 0.6 is 11.8 Å². The highest BCUT2D eigenvalue weighted by atomic mass is 32.2. The predicted octanol–water partition coefficient (Wildman–Crippen LogP) is 3.02. The first kappa shape index (κ1) is 15.6. The van der Waals surface area contributed by atoms with Crippen molar-refractivity contribution >= 4 is 11.8 Å². The van der Waals surface area contributed by atoms with Crippen LogP contribution in [0.15, 0.2) is 12.4 Å². The van der Waals surface area contributed by atoms with E-state index >= 15 is 0 Å². The van der Waals surface area contributed by atoms with Crippen LogP contribution in [0.2, 0.25) is 0 Å². The van der Waals surface area contributed by atoms with E-state index in [0.717, 1.165) is 18.3 Å². The van der Waals surface area contributed by atoms with E-state index in [9.17, 15) is 0 Å². The zero-order chi connectivity index (χ0) is 13.5. The fourth-order valence-electron chi connectivity index (χ4n) is 2.05. The Morgan fingerprint density at radius 1 is 1.39 bits per heavy atom. The van der Waals surface area contributed by atoms with Crippen molar-refractivity contribution in [2.45, 2.75) is 39.0 Å². The lowest BCUT2D eigenvalue weighted by Gasteiger charge is -2.24. The number of aromatic nitrogens is 2. The minimum atomic E-state index is 0.714. The maximum absolute atomic E-state index is 4.25. The normalized spacial score (nSPS) is 13.5. The van der Waals surface area contributed by atoms with Gasteiger partial charge in [0.05, 0.1) is 6.20 Å². The van der Waals surface area contributed by atoms with E-state index in [1.165, 1.54) is 18.5 Å². The highest BCUT2D eigenvalue weighted by Gasteiger charge is 2.11. The quantitative estimate of drug-likeness (QED) is 0.724. The lowest BCUT2D eigenvalue weighted by Crippen LogP contribution is -2.29. The third-order valence-electron chi connectivity index (χ3n) is 3.04. The smallest absolute Gasteiger partial charge is 0.0534 e. The van der Waals surface area contributed by atoms with E-state index in [1.807, 2.05) is 29.7 Å². The number of hydrogen-bond acceptors (Lipinski definition) is 3. The average Bonchev–Trinajstić information content (AvgIpc) is 2.70. The Labute approximate surface area is 116 Å². The molecule has 0 amide bonds. The summed E-state index contributed by atoms with van der Waals surface area (Å²) in [6.07, 6.45) is 7.55. The second kappa shape index (κ2) is 7.85. The molecule has 1 aromatic rings. The molecule has 0 aliphatic carbocycles. The molecule has 104 valence electrons. The van der Waals surface area contributed by atoms with Gasteiger partial charge in [-0.15, -0.1) is 0 Å². The van der Waals surface area contributed by atoms with Crippen LogP contribution in [0.25, 0.3) is 0 Å². The minimum absolute atomic E-state index is 0.714. The Kier molecular flexibility index (Phi) is 6.79. The molecule has 1 heterocycles. The molecule has 4 heteroatoms. The lowest BCUT2D eigenvalue weighted by atomic mass is 10.2. The van der Waals surface area contributed by atoms with Gasteiger partial charge >= 0.3 is 0 Å². The highest BCUT2D eigenvalue weighted by molar-refractivity contribution is 7.99. The Balaban J connectivity index is 2.49. The zero-order valence-corrected chi connectivity index (χ0v) is 13.2. The van der Waals surface area contributed by atoms with Crippen molar-refractivity contribution in [3.05, 3.63) is 18.0 Å². The van der Waals surface area contributed by atoms with Gasteiger partial charge in [0.2, 0.25) is 0 Å². The molecule has 0 saturated heterocycles. The molecule has 0 N–H and O–H groups in total. The van der Waals surface area contributed by atoms with Crippen LogP contribution in [0.4, 0.5) is 0 Å². The summed E-state index contributed by atoms with van der Waals surface area (Å²) in [5, 5.41) is 4.99. The van der Waals surface area contributed by atoms with Crippen LogP contribution in [-0.2, 0) is 13.6 Å². The summed E-state index contributed by atoms with van der Waals surface area (Å²) in [5.41, 5.74) is 1.31. The van der Waals surface area contributed by atoms with Gasteiger partial charge in [-0.25, -0.2) is 0 Å². The third-order valence-corrected chi connectivity index (χ3v) is 4.08. The molecule has 18 heavy (non-hydrogen) atoms. The molecule has 0 radical (unpaired) electrons. The van der Waals surface area contributed by atoms with Crippen molar-refractivity contribution in [3.63, 3.8) is 0 Å². The van der Waals surface area contributed by atoms with Crippen molar-refractivity contribution in [2.75, 3.05) is 19.3 Å². The Morgan fingerprint density at radius 2 is 2.11 bits per heavy atom. The molecule has 0 aliphatic rings. The Morgan fingerprint density at radius 3 is 2.61 bits per heavy atom. The molecule has 0 aromatic carbocycles. The molecule has 1 aromatic heterocycles. The molecule has 1 rings (SSSR count). The first-order valence-corrected chi connectivity index (χ1v) is 8.02. The SMILES string of the molecule is CS[C@@H](C)CCN(Cc1cnn(C)c1)CC(C)C. The van der Waals surface area contributed by atoms with E-state index in [2.05, 4.69) is 43.2 Å². The van der Waals surface area contributed by atoms with E-state index in [1.54, 1.807) is 0 Å². The molecule has 0 fully saturated rings. The highest BCUT2D eigenvalue weighted by Crippen LogP contribution is 2.13. The van der Waals surface area contributed by atoms with E-state index < -0.39 is 0 Å². The standard InChI is InChI=1S/C14H27N3S/c1-12(2)9-17(7-6-13(3)18-5)11-14-8-15-16(4)10-14/h8,10,12-13H,6-7,9,11H2,1-5H3/t13-/m0/s1. The van der Waals surface area contributed by atoms with Gasteiger partial charge in [-0.1, -0.05) is 20.8 Å². The first-order chi connectivity index (χ1) is 8.51. The zero-order valence-electron chi connectivity index (χ0n) is 12.4. The number of thioether (sulfide) groups is 1. The van der Waals surface area contributed by atoms with Gasteiger partial charge in [-0.05, 0) is 25.1 Å². The van der Waals surface area contributed by atoms with Crippen LogP contribution < -0.4 is 0 Å². The van der Waals surface area contributed by atoms with Crippen LogP contribution in [0.1, 0.15) is 32.8 Å². The van der Waals surface area contributed by atoms with Crippen molar-refractivity contribution in [1.29, 1.82) is 0 Å². The summed E-state index contributed by atoms with van der Waals surface area (Å²) < 4.78 is 1.88. The number of nitrogens with zero attached hydrogens (tertiary/aromatic N) is 3. The van der Waals surface area contributed by atoms with Crippen LogP contribution in [-0.4, -0.2) is 39.3 Å². The summed E-state index contributed by atoms with van der Waals surface area (Å²) >= 11 is 1.95. The van der Waals surface area contributed by atoms with Gasteiger partial charge < -0.3 is 0 Å². The van der Waals surface area contributed by atoms with Crippen LogP contribution in [0.5, 0.6) is 0 Å². The van der Waals surface area contributed by atoms with E-state index in [0.29, 0.717) is 5.92 Å². The number of aryl methyl sites for hydroxylation is 1. The molecular formula is C14H27N3S. The minimum Gasteiger partial charge on any atom is -0.299 e. The molecule has 0 aliphatic heterocycles. The van der Waals surface area contributed by atoms with Crippen molar-refractivity contribution in [3.8, 4) is 0 Å². The first-order valence-electron chi connectivity index (χ1n) is 6.74. The molecule has 0 unspecified atom stereocenters. The maximum atomic E-state index is 4.25. The van der Waals surface area contributed by atoms with Crippen LogP contribution in [0.3, 0.4) is 0 Å². The summed E-state index contributed by atoms with van der Waals surface area (Å²) in [6, 6.07) is 0. The molecule has 0 spiro atoms. The molecule has 3 nitrogen and oxygen atoms in total. The Hall–Kier alpha value is -0.480. The van der Waals surface area contributed by atoms with E-state index in [4.69, 9.17) is 0 Å². The third kappa shape index (κ3) is 5.91.